The van der Waals surface area contributed by atoms with Gasteiger partial charge in [0.1, 0.15) is 5.92 Å². The van der Waals surface area contributed by atoms with Crippen molar-refractivity contribution in [3.05, 3.63) is 11.6 Å². The maximum atomic E-state index is 11.4. The molecule has 0 aromatic heterocycles. The van der Waals surface area contributed by atoms with Crippen molar-refractivity contribution in [2.45, 2.75) is 111 Å². The molecule has 34 heavy (non-hydrogen) atoms. The number of carbonyl (C=O) groups is 1. The molecular weight excluding hydrogens is 428 g/mol. The largest absolute Gasteiger partial charge is 0.481 e. The van der Waals surface area contributed by atoms with E-state index in [1.54, 1.807) is 0 Å². The van der Waals surface area contributed by atoms with E-state index in [2.05, 4.69) is 40.7 Å². The van der Waals surface area contributed by atoms with Crippen LogP contribution in [0.5, 0.6) is 0 Å². The van der Waals surface area contributed by atoms with Crippen LogP contribution in [0.2, 0.25) is 0 Å². The molecule has 0 heterocycles. The zero-order valence-corrected chi connectivity index (χ0v) is 22.2. The minimum Gasteiger partial charge on any atom is -0.481 e. The van der Waals surface area contributed by atoms with Crippen LogP contribution in [0, 0.1) is 51.8 Å². The van der Waals surface area contributed by atoms with E-state index in [4.69, 9.17) is 0 Å². The molecule has 5 heteroatoms. The fourth-order valence-electron chi connectivity index (χ4n) is 9.11. The van der Waals surface area contributed by atoms with Gasteiger partial charge < -0.3 is 20.4 Å². The second kappa shape index (κ2) is 8.59. The Morgan fingerprint density at radius 2 is 1.74 bits per heavy atom. The van der Waals surface area contributed by atoms with Crippen molar-refractivity contribution < 1.29 is 25.2 Å². The van der Waals surface area contributed by atoms with Crippen molar-refractivity contribution in [3.8, 4) is 0 Å². The van der Waals surface area contributed by atoms with Crippen LogP contribution in [0.4, 0.5) is 0 Å². The van der Waals surface area contributed by atoms with Crippen LogP contribution in [0.15, 0.2) is 11.6 Å². The highest BCUT2D eigenvalue weighted by molar-refractivity contribution is 5.70. The number of carboxylic acid groups (broad SMARTS) is 1. The smallest absolute Gasteiger partial charge is 0.311 e. The molecule has 0 aliphatic heterocycles. The lowest BCUT2D eigenvalue weighted by Gasteiger charge is -2.61. The molecule has 2 unspecified atom stereocenters. The minimum atomic E-state index is -2.19. The number of aliphatic hydroxyl groups excluding tert-OH is 1. The first-order valence-electron chi connectivity index (χ1n) is 13.7. The average molecular weight is 477 g/mol. The predicted molar refractivity (Wildman–Crippen MR) is 133 cm³/mol. The molecule has 4 aliphatic carbocycles. The third-order valence-electron chi connectivity index (χ3n) is 12.1. The molecule has 10 atom stereocenters. The highest BCUT2D eigenvalue weighted by Gasteiger charge is 2.64. The minimum absolute atomic E-state index is 0.0247. The van der Waals surface area contributed by atoms with Gasteiger partial charge in [0.05, 0.1) is 6.10 Å². The maximum absolute atomic E-state index is 11.4. The lowest BCUT2D eigenvalue weighted by molar-refractivity contribution is -0.213. The van der Waals surface area contributed by atoms with E-state index in [0.717, 1.165) is 32.1 Å². The van der Waals surface area contributed by atoms with Crippen LogP contribution in [-0.2, 0) is 4.79 Å². The Labute approximate surface area is 206 Å². The average Bonchev–Trinajstić information content (AvgIpc) is 3.04. The first-order valence-corrected chi connectivity index (χ1v) is 13.7. The van der Waals surface area contributed by atoms with Crippen molar-refractivity contribution in [1.29, 1.82) is 0 Å². The molecule has 5 nitrogen and oxygen atoms in total. The monoisotopic (exact) mass is 476 g/mol. The molecule has 4 aliphatic rings. The molecule has 4 N–H and O–H groups in total. The van der Waals surface area contributed by atoms with E-state index in [-0.39, 0.29) is 34.7 Å². The van der Waals surface area contributed by atoms with Crippen LogP contribution in [0.1, 0.15) is 99.3 Å². The normalized spacial score (nSPS) is 46.0. The Morgan fingerprint density at radius 1 is 1.09 bits per heavy atom. The number of aliphatic hydroxyl groups is 3. The molecule has 0 aromatic carbocycles. The summed E-state index contributed by atoms with van der Waals surface area (Å²) in [4.78, 5) is 11.3. The van der Waals surface area contributed by atoms with Gasteiger partial charge >= 0.3 is 5.97 Å². The summed E-state index contributed by atoms with van der Waals surface area (Å²) < 4.78 is 0. The maximum Gasteiger partial charge on any atom is 0.311 e. The Morgan fingerprint density at radius 3 is 2.38 bits per heavy atom. The molecule has 0 bridgehead atoms. The third kappa shape index (κ3) is 3.80. The number of hydrogen-bond acceptors (Lipinski definition) is 4. The number of carboxylic acids is 1. The van der Waals surface area contributed by atoms with E-state index < -0.39 is 17.7 Å². The van der Waals surface area contributed by atoms with Crippen molar-refractivity contribution >= 4 is 5.97 Å². The molecule has 0 aromatic rings. The van der Waals surface area contributed by atoms with Crippen molar-refractivity contribution in [3.63, 3.8) is 0 Å². The zero-order chi connectivity index (χ0) is 25.3. The topological polar surface area (TPSA) is 98.0 Å². The van der Waals surface area contributed by atoms with Gasteiger partial charge in [-0.25, -0.2) is 0 Å². The van der Waals surface area contributed by atoms with Gasteiger partial charge in [-0.3, -0.25) is 4.79 Å². The van der Waals surface area contributed by atoms with E-state index in [0.29, 0.717) is 30.1 Å². The fraction of sp³-hybridized carbons (Fsp3) is 0.897. The summed E-state index contributed by atoms with van der Waals surface area (Å²) in [6.07, 6.45) is 10.7. The van der Waals surface area contributed by atoms with E-state index in [1.807, 2.05) is 0 Å². The summed E-state index contributed by atoms with van der Waals surface area (Å²) >= 11 is 0. The molecule has 3 fully saturated rings. The van der Waals surface area contributed by atoms with E-state index in [1.165, 1.54) is 25.3 Å². The molecule has 0 saturated heterocycles. The Bertz CT molecular complexity index is 834. The molecular formula is C29H48O5. The summed E-state index contributed by atoms with van der Waals surface area (Å²) in [5, 5.41) is 41.5. The van der Waals surface area contributed by atoms with Gasteiger partial charge in [-0.05, 0) is 104 Å². The second-order valence-corrected chi connectivity index (χ2v) is 13.5. The number of hydrogen-bond donors (Lipinski definition) is 4. The standard InChI is InChI=1S/C29H48O5/c1-17-7-11-26(4)20(15-17)16-23(30)24-21(26)9-13-28(6)22(24)10-12-27(28,5)18(2)8-14-29(33,34)19(3)25(31)32/h16-19,21-24,30,33-34H,7-15H2,1-6H3,(H,31,32)/t17-,18+,19?,21-,22-,23?,24+,26-,27+,28-/m0/s1. The van der Waals surface area contributed by atoms with Gasteiger partial charge in [0.2, 0.25) is 0 Å². The highest BCUT2D eigenvalue weighted by atomic mass is 16.5. The molecule has 4 rings (SSSR count). The summed E-state index contributed by atoms with van der Waals surface area (Å²) in [5.74, 6) is -2.33. The highest BCUT2D eigenvalue weighted by Crippen LogP contribution is 2.71. The van der Waals surface area contributed by atoms with Crippen molar-refractivity contribution in [1.82, 2.24) is 0 Å². The van der Waals surface area contributed by atoms with Crippen molar-refractivity contribution in [2.24, 2.45) is 51.8 Å². The van der Waals surface area contributed by atoms with Gasteiger partial charge in [0, 0.05) is 6.42 Å². The molecule has 3 saturated carbocycles. The molecule has 0 radical (unpaired) electrons. The van der Waals surface area contributed by atoms with Crippen LogP contribution < -0.4 is 0 Å². The Balaban J connectivity index is 1.56. The van der Waals surface area contributed by atoms with Gasteiger partial charge in [0.25, 0.3) is 0 Å². The SMILES string of the molecule is CC(C(=O)O)C(O)(O)CC[C@@H](C)[C@@]1(C)CC[C@H]2[C@@H]3C(O)C=C4C[C@@H](C)CC[C@]4(C)[C@H]3CC[C@@]21C. The molecule has 0 spiro atoms. The quantitative estimate of drug-likeness (QED) is 0.305. The summed E-state index contributed by atoms with van der Waals surface area (Å²) in [5.41, 5.74) is 1.84. The lowest BCUT2D eigenvalue weighted by Crippen LogP contribution is -2.56. The lowest BCUT2D eigenvalue weighted by atomic mass is 9.44. The fourth-order valence-corrected chi connectivity index (χ4v) is 9.11. The third-order valence-corrected chi connectivity index (χ3v) is 12.1. The summed E-state index contributed by atoms with van der Waals surface area (Å²) in [6, 6.07) is 0. The summed E-state index contributed by atoms with van der Waals surface area (Å²) in [7, 11) is 0. The summed E-state index contributed by atoms with van der Waals surface area (Å²) in [6.45, 7) is 13.2. The Kier molecular flexibility index (Phi) is 6.61. The van der Waals surface area contributed by atoms with Crippen LogP contribution in [-0.4, -0.2) is 38.3 Å². The first-order chi connectivity index (χ1) is 15.7. The van der Waals surface area contributed by atoms with Gasteiger partial charge in [-0.15, -0.1) is 0 Å². The van der Waals surface area contributed by atoms with Crippen LogP contribution >= 0.6 is 0 Å². The zero-order valence-electron chi connectivity index (χ0n) is 22.2. The van der Waals surface area contributed by atoms with Gasteiger partial charge in [0.15, 0.2) is 5.79 Å². The van der Waals surface area contributed by atoms with E-state index in [9.17, 15) is 25.2 Å². The van der Waals surface area contributed by atoms with E-state index >= 15 is 0 Å². The van der Waals surface area contributed by atoms with Crippen molar-refractivity contribution in [2.75, 3.05) is 0 Å². The van der Waals surface area contributed by atoms with Crippen LogP contribution in [0.3, 0.4) is 0 Å². The Hall–Kier alpha value is -0.910. The number of rotatable bonds is 6. The number of allylic oxidation sites excluding steroid dienone is 1. The predicted octanol–water partition coefficient (Wildman–Crippen LogP) is 5.38. The number of aliphatic carboxylic acids is 1. The molecule has 0 amide bonds. The first kappa shape index (κ1) is 26.2. The second-order valence-electron chi connectivity index (χ2n) is 13.5. The number of fused-ring (bicyclic) bond motifs is 5. The van der Waals surface area contributed by atoms with Gasteiger partial charge in [-0.1, -0.05) is 46.3 Å². The van der Waals surface area contributed by atoms with Gasteiger partial charge in [-0.2, -0.15) is 0 Å². The molecule has 194 valence electrons. The van der Waals surface area contributed by atoms with Crippen LogP contribution in [0.25, 0.3) is 0 Å².